The summed E-state index contributed by atoms with van der Waals surface area (Å²) in [5.41, 5.74) is 2.79. The summed E-state index contributed by atoms with van der Waals surface area (Å²) in [5.74, 6) is 0.00307. The number of halogens is 2. The molecule has 0 saturated heterocycles. The summed E-state index contributed by atoms with van der Waals surface area (Å²) >= 11 is 6.06. The van der Waals surface area contributed by atoms with Gasteiger partial charge in [0.1, 0.15) is 17.0 Å². The second-order valence-corrected chi connectivity index (χ2v) is 5.80. The molecule has 2 heterocycles. The minimum absolute atomic E-state index is 0.0727. The number of hydrogen-bond acceptors (Lipinski definition) is 3. The summed E-state index contributed by atoms with van der Waals surface area (Å²) in [6.45, 7) is 0. The second-order valence-electron chi connectivity index (χ2n) is 5.42. The molecule has 0 aliphatic heterocycles. The average Bonchev–Trinajstić information content (AvgIpc) is 3.16. The Labute approximate surface area is 130 Å². The summed E-state index contributed by atoms with van der Waals surface area (Å²) in [6.07, 6.45) is 4.35. The monoisotopic (exact) mass is 312 g/mol. The SMILES string of the molecule is N#Cc1ccc([C@H]2C[C@@H]2c2cc(Cl)nn3ccnc23)cc1F. The Morgan fingerprint density at radius 2 is 2.18 bits per heavy atom. The van der Waals surface area contributed by atoms with E-state index in [-0.39, 0.29) is 17.4 Å². The van der Waals surface area contributed by atoms with Gasteiger partial charge in [-0.15, -0.1) is 0 Å². The molecule has 3 aromatic rings. The van der Waals surface area contributed by atoms with Crippen molar-refractivity contribution in [1.29, 1.82) is 5.26 Å². The molecule has 0 amide bonds. The van der Waals surface area contributed by atoms with Gasteiger partial charge in [0.25, 0.3) is 0 Å². The van der Waals surface area contributed by atoms with Gasteiger partial charge in [-0.2, -0.15) is 10.4 Å². The topological polar surface area (TPSA) is 54.0 Å². The molecule has 0 radical (unpaired) electrons. The van der Waals surface area contributed by atoms with Crippen LogP contribution in [0.25, 0.3) is 5.65 Å². The third-order valence-electron chi connectivity index (χ3n) is 4.09. The summed E-state index contributed by atoms with van der Waals surface area (Å²) in [5, 5.41) is 13.4. The van der Waals surface area contributed by atoms with E-state index in [9.17, 15) is 4.39 Å². The summed E-state index contributed by atoms with van der Waals surface area (Å²) < 4.78 is 15.4. The predicted molar refractivity (Wildman–Crippen MR) is 79.2 cm³/mol. The highest BCUT2D eigenvalue weighted by atomic mass is 35.5. The maximum absolute atomic E-state index is 13.8. The number of benzene rings is 1. The van der Waals surface area contributed by atoms with Crippen LogP contribution in [0.1, 0.15) is 34.9 Å². The van der Waals surface area contributed by atoms with Crippen molar-refractivity contribution in [2.45, 2.75) is 18.3 Å². The fourth-order valence-electron chi connectivity index (χ4n) is 2.94. The highest BCUT2D eigenvalue weighted by Crippen LogP contribution is 2.55. The zero-order valence-corrected chi connectivity index (χ0v) is 12.1. The molecule has 0 unspecified atom stereocenters. The van der Waals surface area contributed by atoms with Crippen molar-refractivity contribution in [3.05, 3.63) is 64.3 Å². The van der Waals surface area contributed by atoms with Crippen LogP contribution in [0.4, 0.5) is 4.39 Å². The van der Waals surface area contributed by atoms with Crippen molar-refractivity contribution < 1.29 is 4.39 Å². The van der Waals surface area contributed by atoms with Gasteiger partial charge >= 0.3 is 0 Å². The lowest BCUT2D eigenvalue weighted by Crippen LogP contribution is -1.97. The number of rotatable bonds is 2. The van der Waals surface area contributed by atoms with E-state index in [2.05, 4.69) is 10.1 Å². The van der Waals surface area contributed by atoms with Crippen molar-refractivity contribution in [2.24, 2.45) is 0 Å². The molecule has 22 heavy (non-hydrogen) atoms. The number of imidazole rings is 1. The van der Waals surface area contributed by atoms with Gasteiger partial charge in [0.15, 0.2) is 5.65 Å². The minimum Gasteiger partial charge on any atom is -0.235 e. The molecule has 2 atom stereocenters. The fraction of sp³-hybridized carbons (Fsp3) is 0.188. The van der Waals surface area contributed by atoms with Gasteiger partial charge in [0.05, 0.1) is 5.56 Å². The summed E-state index contributed by atoms with van der Waals surface area (Å²) in [6, 6.07) is 8.47. The quantitative estimate of drug-likeness (QED) is 0.725. The Hall–Kier alpha value is -2.45. The molecule has 1 aliphatic rings. The molecule has 4 rings (SSSR count). The first-order valence-corrected chi connectivity index (χ1v) is 7.24. The van der Waals surface area contributed by atoms with Crippen molar-refractivity contribution >= 4 is 17.2 Å². The molecule has 2 aromatic heterocycles. The molecule has 1 saturated carbocycles. The van der Waals surface area contributed by atoms with Crippen LogP contribution in [0.15, 0.2) is 36.7 Å². The molecule has 108 valence electrons. The first kappa shape index (κ1) is 13.2. The van der Waals surface area contributed by atoms with Crippen molar-refractivity contribution in [1.82, 2.24) is 14.6 Å². The van der Waals surface area contributed by atoms with Crippen LogP contribution in [0.5, 0.6) is 0 Å². The largest absolute Gasteiger partial charge is 0.235 e. The van der Waals surface area contributed by atoms with Crippen LogP contribution < -0.4 is 0 Å². The van der Waals surface area contributed by atoms with E-state index < -0.39 is 5.82 Å². The van der Waals surface area contributed by atoms with Crippen LogP contribution in [0, 0.1) is 17.1 Å². The molecule has 0 N–H and O–H groups in total. The van der Waals surface area contributed by atoms with E-state index >= 15 is 0 Å². The predicted octanol–water partition coefficient (Wildman–Crippen LogP) is 3.66. The molecule has 0 spiro atoms. The van der Waals surface area contributed by atoms with Gasteiger partial charge in [0.2, 0.25) is 0 Å². The van der Waals surface area contributed by atoms with Gasteiger partial charge in [-0.1, -0.05) is 17.7 Å². The minimum atomic E-state index is -0.468. The summed E-state index contributed by atoms with van der Waals surface area (Å²) in [7, 11) is 0. The zero-order valence-electron chi connectivity index (χ0n) is 11.4. The van der Waals surface area contributed by atoms with Gasteiger partial charge < -0.3 is 0 Å². The van der Waals surface area contributed by atoms with Crippen LogP contribution in [-0.2, 0) is 0 Å². The maximum Gasteiger partial charge on any atom is 0.157 e. The average molecular weight is 313 g/mol. The lowest BCUT2D eigenvalue weighted by atomic mass is 10.0. The highest BCUT2D eigenvalue weighted by molar-refractivity contribution is 6.29. The Kier molecular flexibility index (Phi) is 2.88. The lowest BCUT2D eigenvalue weighted by Gasteiger charge is -2.05. The highest BCUT2D eigenvalue weighted by Gasteiger charge is 2.41. The third kappa shape index (κ3) is 2.04. The molecule has 1 aliphatic carbocycles. The first-order chi connectivity index (χ1) is 10.7. The molecule has 1 fully saturated rings. The number of nitrogens with zero attached hydrogens (tertiary/aromatic N) is 4. The van der Waals surface area contributed by atoms with Gasteiger partial charge in [-0.3, -0.25) is 0 Å². The van der Waals surface area contributed by atoms with Gasteiger partial charge in [-0.05, 0) is 42.0 Å². The Morgan fingerprint density at radius 1 is 1.32 bits per heavy atom. The van der Waals surface area contributed by atoms with Crippen molar-refractivity contribution in [2.75, 3.05) is 0 Å². The molecule has 0 bridgehead atoms. The van der Waals surface area contributed by atoms with E-state index in [4.69, 9.17) is 16.9 Å². The smallest absolute Gasteiger partial charge is 0.157 e. The lowest BCUT2D eigenvalue weighted by molar-refractivity contribution is 0.621. The van der Waals surface area contributed by atoms with Crippen LogP contribution in [-0.4, -0.2) is 14.6 Å². The van der Waals surface area contributed by atoms with E-state index in [1.54, 1.807) is 16.9 Å². The number of aromatic nitrogens is 3. The normalized spacial score (nSPS) is 20.0. The Morgan fingerprint density at radius 3 is 2.95 bits per heavy atom. The van der Waals surface area contributed by atoms with Gasteiger partial charge in [-0.25, -0.2) is 13.9 Å². The van der Waals surface area contributed by atoms with E-state index in [0.717, 1.165) is 23.2 Å². The third-order valence-corrected chi connectivity index (χ3v) is 4.27. The standard InChI is InChI=1S/C16H10ClFN4/c17-15-7-13(16-20-3-4-22(16)21-15)12-6-11(12)9-1-2-10(8-19)14(18)5-9/h1-5,7,11-12H,6H2/t11-,12+/m1/s1. The maximum atomic E-state index is 13.8. The second kappa shape index (κ2) is 4.79. The van der Waals surface area contributed by atoms with Crippen LogP contribution in [0.2, 0.25) is 5.15 Å². The molecular formula is C16H10ClFN4. The number of fused-ring (bicyclic) bond motifs is 1. The zero-order chi connectivity index (χ0) is 15.3. The molecule has 1 aromatic carbocycles. The van der Waals surface area contributed by atoms with E-state index in [1.165, 1.54) is 12.1 Å². The van der Waals surface area contributed by atoms with Gasteiger partial charge in [0, 0.05) is 18.0 Å². The molecule has 4 nitrogen and oxygen atoms in total. The Balaban J connectivity index is 1.70. The Bertz CT molecular complexity index is 928. The van der Waals surface area contributed by atoms with Crippen molar-refractivity contribution in [3.63, 3.8) is 0 Å². The fourth-order valence-corrected chi connectivity index (χ4v) is 3.14. The van der Waals surface area contributed by atoms with Crippen molar-refractivity contribution in [3.8, 4) is 6.07 Å². The number of nitriles is 1. The molecule has 6 heteroatoms. The molecular weight excluding hydrogens is 303 g/mol. The number of hydrogen-bond donors (Lipinski definition) is 0. The summed E-state index contributed by atoms with van der Waals surface area (Å²) in [4.78, 5) is 4.32. The first-order valence-electron chi connectivity index (χ1n) is 6.86. The van der Waals surface area contributed by atoms with E-state index in [0.29, 0.717) is 5.15 Å². The van der Waals surface area contributed by atoms with Crippen LogP contribution >= 0.6 is 11.6 Å². The van der Waals surface area contributed by atoms with E-state index in [1.807, 2.05) is 18.2 Å². The van der Waals surface area contributed by atoms with Crippen LogP contribution in [0.3, 0.4) is 0 Å².